The lowest BCUT2D eigenvalue weighted by Crippen LogP contribution is -2.22. The molecule has 1 aliphatic carbocycles. The zero-order chi connectivity index (χ0) is 18.9. The molecular formula is C18H18Cl2N2O3S. The van der Waals surface area contributed by atoms with Gasteiger partial charge in [0.05, 0.1) is 9.92 Å². The Morgan fingerprint density at radius 3 is 2.46 bits per heavy atom. The highest BCUT2D eigenvalue weighted by molar-refractivity contribution is 7.85. The van der Waals surface area contributed by atoms with Crippen molar-refractivity contribution < 1.29 is 13.0 Å². The first-order chi connectivity index (χ1) is 12.3. The maximum absolute atomic E-state index is 10.5. The molecule has 1 aromatic carbocycles. The summed E-state index contributed by atoms with van der Waals surface area (Å²) in [6.45, 7) is 4.01. The largest absolute Gasteiger partial charge is 0.315 e. The van der Waals surface area contributed by atoms with E-state index in [2.05, 4.69) is 16.4 Å². The third-order valence-electron chi connectivity index (χ3n) is 4.50. The fourth-order valence-electron chi connectivity index (χ4n) is 3.05. The monoisotopic (exact) mass is 412 g/mol. The van der Waals surface area contributed by atoms with Gasteiger partial charge in [0.15, 0.2) is 0 Å². The van der Waals surface area contributed by atoms with Crippen molar-refractivity contribution in [1.29, 1.82) is 0 Å². The van der Waals surface area contributed by atoms with Crippen molar-refractivity contribution in [2.24, 2.45) is 11.8 Å². The SMILES string of the molecule is Cc1ccc(S(=O)(=O)O)cc1.Clc1cc(C2=CC3CNCC23)cnc1Cl. The number of aryl methyl sites for hydroxylation is 1. The van der Waals surface area contributed by atoms with Crippen LogP contribution in [-0.4, -0.2) is 31.0 Å². The zero-order valence-electron chi connectivity index (χ0n) is 14.0. The average molecular weight is 413 g/mol. The van der Waals surface area contributed by atoms with E-state index in [0.29, 0.717) is 22.0 Å². The maximum Gasteiger partial charge on any atom is 0.294 e. The molecule has 0 amide bonds. The number of pyridine rings is 1. The number of halogens is 2. The van der Waals surface area contributed by atoms with Crippen molar-refractivity contribution in [2.75, 3.05) is 13.1 Å². The summed E-state index contributed by atoms with van der Waals surface area (Å²) in [7, 11) is -4.02. The van der Waals surface area contributed by atoms with Crippen LogP contribution in [0, 0.1) is 18.8 Å². The highest BCUT2D eigenvalue weighted by Crippen LogP contribution is 2.42. The Kier molecular flexibility index (Phi) is 5.69. The van der Waals surface area contributed by atoms with Crippen LogP contribution < -0.4 is 5.32 Å². The van der Waals surface area contributed by atoms with E-state index in [0.717, 1.165) is 24.2 Å². The second kappa shape index (κ2) is 7.66. The Morgan fingerprint density at radius 2 is 1.88 bits per heavy atom. The first kappa shape index (κ1) is 19.3. The highest BCUT2D eigenvalue weighted by Gasteiger charge is 2.36. The topological polar surface area (TPSA) is 79.3 Å². The van der Waals surface area contributed by atoms with E-state index in [9.17, 15) is 8.42 Å². The van der Waals surface area contributed by atoms with Gasteiger partial charge in [-0.25, -0.2) is 4.98 Å². The van der Waals surface area contributed by atoms with Crippen LogP contribution in [0.3, 0.4) is 0 Å². The Labute approximate surface area is 162 Å². The Morgan fingerprint density at radius 1 is 1.19 bits per heavy atom. The number of nitrogens with one attached hydrogen (secondary N) is 1. The van der Waals surface area contributed by atoms with Gasteiger partial charge < -0.3 is 5.32 Å². The van der Waals surface area contributed by atoms with Crippen LogP contribution in [0.25, 0.3) is 5.57 Å². The lowest BCUT2D eigenvalue weighted by atomic mass is 9.74. The molecule has 2 aliphatic rings. The van der Waals surface area contributed by atoms with Gasteiger partial charge in [0.2, 0.25) is 0 Å². The predicted octanol–water partition coefficient (Wildman–Crippen LogP) is 3.86. The normalized spacial score (nSPS) is 21.2. The highest BCUT2D eigenvalue weighted by atomic mass is 35.5. The molecule has 8 heteroatoms. The summed E-state index contributed by atoms with van der Waals surface area (Å²) < 4.78 is 29.6. The van der Waals surface area contributed by atoms with Gasteiger partial charge in [-0.3, -0.25) is 4.55 Å². The molecule has 138 valence electrons. The van der Waals surface area contributed by atoms with Crippen LogP contribution in [-0.2, 0) is 10.1 Å². The Balaban J connectivity index is 0.000000160. The first-order valence-corrected chi connectivity index (χ1v) is 10.2. The number of hydrogen-bond acceptors (Lipinski definition) is 4. The van der Waals surface area contributed by atoms with Gasteiger partial charge in [0.1, 0.15) is 5.15 Å². The summed E-state index contributed by atoms with van der Waals surface area (Å²) in [5.41, 5.74) is 3.42. The van der Waals surface area contributed by atoms with Crippen LogP contribution in [0.2, 0.25) is 10.2 Å². The molecule has 0 spiro atoms. The van der Waals surface area contributed by atoms with E-state index in [4.69, 9.17) is 27.8 Å². The number of hydrogen-bond donors (Lipinski definition) is 2. The van der Waals surface area contributed by atoms with Crippen molar-refractivity contribution in [3.05, 3.63) is 63.9 Å². The van der Waals surface area contributed by atoms with Gasteiger partial charge in [-0.1, -0.05) is 47.0 Å². The van der Waals surface area contributed by atoms with Gasteiger partial charge in [-0.05, 0) is 42.2 Å². The van der Waals surface area contributed by atoms with Crippen molar-refractivity contribution in [3.8, 4) is 0 Å². The third kappa shape index (κ3) is 4.27. The van der Waals surface area contributed by atoms with Gasteiger partial charge in [-0.15, -0.1) is 0 Å². The minimum atomic E-state index is -4.02. The van der Waals surface area contributed by atoms with E-state index in [-0.39, 0.29) is 4.90 Å². The number of nitrogens with zero attached hydrogens (tertiary/aromatic N) is 1. The second-order valence-corrected chi connectivity index (χ2v) is 8.52. The molecule has 1 aliphatic heterocycles. The molecule has 26 heavy (non-hydrogen) atoms. The number of fused-ring (bicyclic) bond motifs is 1. The number of rotatable bonds is 2. The van der Waals surface area contributed by atoms with Crippen LogP contribution in [0.15, 0.2) is 47.5 Å². The molecule has 2 N–H and O–H groups in total. The van der Waals surface area contributed by atoms with E-state index < -0.39 is 10.1 Å². The van der Waals surface area contributed by atoms with Crippen LogP contribution in [0.5, 0.6) is 0 Å². The summed E-state index contributed by atoms with van der Waals surface area (Å²) in [6.07, 6.45) is 4.10. The number of benzene rings is 1. The van der Waals surface area contributed by atoms with E-state index in [1.807, 2.05) is 13.0 Å². The van der Waals surface area contributed by atoms with E-state index in [1.165, 1.54) is 17.7 Å². The van der Waals surface area contributed by atoms with Crippen molar-refractivity contribution in [2.45, 2.75) is 11.8 Å². The molecule has 0 saturated carbocycles. The molecule has 2 atom stereocenters. The summed E-state index contributed by atoms with van der Waals surface area (Å²) in [4.78, 5) is 4.00. The summed E-state index contributed by atoms with van der Waals surface area (Å²) in [6, 6.07) is 7.89. The Bertz CT molecular complexity index is 943. The molecule has 0 bridgehead atoms. The zero-order valence-corrected chi connectivity index (χ0v) is 16.3. The summed E-state index contributed by atoms with van der Waals surface area (Å²) in [5, 5.41) is 4.29. The van der Waals surface area contributed by atoms with Crippen LogP contribution in [0.1, 0.15) is 11.1 Å². The second-order valence-electron chi connectivity index (χ2n) is 6.34. The lowest BCUT2D eigenvalue weighted by Gasteiger charge is -2.29. The molecule has 2 aromatic rings. The summed E-state index contributed by atoms with van der Waals surface area (Å²) in [5.74, 6) is 1.35. The van der Waals surface area contributed by atoms with Gasteiger partial charge in [-0.2, -0.15) is 8.42 Å². The molecular weight excluding hydrogens is 395 g/mol. The van der Waals surface area contributed by atoms with Crippen LogP contribution in [0.4, 0.5) is 0 Å². The third-order valence-corrected chi connectivity index (χ3v) is 6.06. The molecule has 1 saturated heterocycles. The average Bonchev–Trinajstić information content (AvgIpc) is 2.92. The van der Waals surface area contributed by atoms with Gasteiger partial charge in [0.25, 0.3) is 10.1 Å². The first-order valence-electron chi connectivity index (χ1n) is 8.03. The quantitative estimate of drug-likeness (QED) is 0.578. The lowest BCUT2D eigenvalue weighted by molar-refractivity contribution is 0.483. The fraction of sp³-hybridized carbons (Fsp3) is 0.278. The molecule has 2 heterocycles. The van der Waals surface area contributed by atoms with Gasteiger partial charge in [0, 0.05) is 25.2 Å². The maximum atomic E-state index is 10.5. The Hall–Kier alpha value is -1.44. The predicted molar refractivity (Wildman–Crippen MR) is 103 cm³/mol. The smallest absolute Gasteiger partial charge is 0.294 e. The minimum Gasteiger partial charge on any atom is -0.315 e. The molecule has 4 rings (SSSR count). The van der Waals surface area contributed by atoms with Gasteiger partial charge >= 0.3 is 0 Å². The standard InChI is InChI=1S/C11H10Cl2N2.C7H8O3S/c12-10-2-7(4-15-11(10)13)8-1-6-3-14-5-9(6)8;1-6-2-4-7(5-3-6)11(8,9)10/h1-2,4,6,9,14H,3,5H2;2-5H,1H3,(H,8,9,10). The molecule has 1 fully saturated rings. The minimum absolute atomic E-state index is 0.0666. The molecule has 2 unspecified atom stereocenters. The van der Waals surface area contributed by atoms with E-state index >= 15 is 0 Å². The molecule has 1 aromatic heterocycles. The van der Waals surface area contributed by atoms with Crippen molar-refractivity contribution >= 4 is 38.9 Å². The summed E-state index contributed by atoms with van der Waals surface area (Å²) >= 11 is 11.7. The molecule has 5 nitrogen and oxygen atoms in total. The fourth-order valence-corrected chi connectivity index (χ4v) is 3.80. The van der Waals surface area contributed by atoms with Crippen molar-refractivity contribution in [3.63, 3.8) is 0 Å². The van der Waals surface area contributed by atoms with E-state index in [1.54, 1.807) is 18.3 Å². The van der Waals surface area contributed by atoms with Crippen LogP contribution >= 0.6 is 23.2 Å². The molecule has 0 radical (unpaired) electrons. The van der Waals surface area contributed by atoms with Crippen molar-refractivity contribution in [1.82, 2.24) is 10.3 Å². The number of aromatic nitrogens is 1.